The van der Waals surface area contributed by atoms with Gasteiger partial charge in [-0.1, -0.05) is 47.7 Å². The summed E-state index contributed by atoms with van der Waals surface area (Å²) < 4.78 is 1.08. The summed E-state index contributed by atoms with van der Waals surface area (Å²) in [6.07, 6.45) is 9.02. The van der Waals surface area contributed by atoms with Crippen LogP contribution in [0, 0.1) is 11.3 Å². The van der Waals surface area contributed by atoms with E-state index in [1.807, 2.05) is 25.3 Å². The average Bonchev–Trinajstić information content (AvgIpc) is 2.57. The SMILES string of the molecule is C=C1C(C#N)=CN(CCC)C1C=C/C=C(\C)Br. The molecule has 0 saturated heterocycles. The van der Waals surface area contributed by atoms with Crippen LogP contribution < -0.4 is 0 Å². The molecule has 0 aromatic heterocycles. The van der Waals surface area contributed by atoms with Crippen molar-refractivity contribution in [1.29, 1.82) is 5.26 Å². The van der Waals surface area contributed by atoms with Gasteiger partial charge in [-0.3, -0.25) is 0 Å². The van der Waals surface area contributed by atoms with E-state index >= 15 is 0 Å². The Morgan fingerprint density at radius 3 is 2.94 bits per heavy atom. The smallest absolute Gasteiger partial charge is 0.101 e. The minimum atomic E-state index is 0.118. The third-order valence-corrected chi connectivity index (χ3v) is 2.84. The zero-order valence-electron chi connectivity index (χ0n) is 10.3. The molecular formula is C14H17BrN2. The summed E-state index contributed by atoms with van der Waals surface area (Å²) >= 11 is 3.38. The molecule has 0 aromatic rings. The van der Waals surface area contributed by atoms with Crippen molar-refractivity contribution < 1.29 is 0 Å². The second-order valence-electron chi connectivity index (χ2n) is 4.00. The Morgan fingerprint density at radius 1 is 1.71 bits per heavy atom. The number of hydrogen-bond donors (Lipinski definition) is 0. The van der Waals surface area contributed by atoms with Gasteiger partial charge in [-0.25, -0.2) is 0 Å². The molecule has 0 bridgehead atoms. The molecule has 1 unspecified atom stereocenters. The van der Waals surface area contributed by atoms with Crippen molar-refractivity contribution in [2.24, 2.45) is 0 Å². The number of nitriles is 1. The van der Waals surface area contributed by atoms with Crippen LogP contribution in [0.4, 0.5) is 0 Å². The molecule has 1 aliphatic heterocycles. The molecule has 1 heterocycles. The fourth-order valence-corrected chi connectivity index (χ4v) is 1.92. The molecule has 0 saturated carbocycles. The van der Waals surface area contributed by atoms with Crippen molar-refractivity contribution in [2.45, 2.75) is 26.3 Å². The first-order chi connectivity index (χ1) is 8.10. The van der Waals surface area contributed by atoms with E-state index in [9.17, 15) is 0 Å². The zero-order valence-corrected chi connectivity index (χ0v) is 11.9. The highest BCUT2D eigenvalue weighted by molar-refractivity contribution is 9.11. The minimum absolute atomic E-state index is 0.118. The molecule has 90 valence electrons. The van der Waals surface area contributed by atoms with Crippen molar-refractivity contribution >= 4 is 15.9 Å². The topological polar surface area (TPSA) is 27.0 Å². The third-order valence-electron chi connectivity index (χ3n) is 2.58. The summed E-state index contributed by atoms with van der Waals surface area (Å²) in [5.41, 5.74) is 1.57. The van der Waals surface area contributed by atoms with Crippen LogP contribution in [0.3, 0.4) is 0 Å². The van der Waals surface area contributed by atoms with Gasteiger partial charge >= 0.3 is 0 Å². The lowest BCUT2D eigenvalue weighted by Crippen LogP contribution is -2.26. The van der Waals surface area contributed by atoms with Crippen molar-refractivity contribution in [1.82, 2.24) is 4.90 Å². The molecule has 0 N–H and O–H groups in total. The Kier molecular flexibility index (Phi) is 5.24. The van der Waals surface area contributed by atoms with Gasteiger partial charge in [-0.05, 0) is 23.4 Å². The largest absolute Gasteiger partial charge is 0.366 e. The summed E-state index contributed by atoms with van der Waals surface area (Å²) in [5, 5.41) is 9.00. The number of halogens is 1. The van der Waals surface area contributed by atoms with Gasteiger partial charge in [0.15, 0.2) is 0 Å². The molecule has 0 spiro atoms. The molecule has 3 heteroatoms. The van der Waals surface area contributed by atoms with Crippen LogP contribution in [0.1, 0.15) is 20.3 Å². The Hall–Kier alpha value is -1.27. The summed E-state index contributed by atoms with van der Waals surface area (Å²) in [4.78, 5) is 2.16. The molecule has 17 heavy (non-hydrogen) atoms. The quantitative estimate of drug-likeness (QED) is 0.735. The van der Waals surface area contributed by atoms with Gasteiger partial charge in [0.2, 0.25) is 0 Å². The molecule has 0 radical (unpaired) electrons. The lowest BCUT2D eigenvalue weighted by atomic mass is 10.0. The number of nitrogens with zero attached hydrogens (tertiary/aromatic N) is 2. The fraction of sp³-hybridized carbons (Fsp3) is 0.357. The average molecular weight is 293 g/mol. The van der Waals surface area contributed by atoms with E-state index < -0.39 is 0 Å². The second-order valence-corrected chi connectivity index (χ2v) is 5.25. The van der Waals surface area contributed by atoms with Crippen LogP contribution in [0.25, 0.3) is 0 Å². The maximum Gasteiger partial charge on any atom is 0.101 e. The van der Waals surface area contributed by atoms with Crippen LogP contribution in [0.5, 0.6) is 0 Å². The maximum absolute atomic E-state index is 9.00. The van der Waals surface area contributed by atoms with Crippen molar-refractivity contribution in [3.63, 3.8) is 0 Å². The number of allylic oxidation sites excluding steroid dienone is 3. The second kappa shape index (κ2) is 6.46. The predicted molar refractivity (Wildman–Crippen MR) is 75.4 cm³/mol. The standard InChI is InChI=1S/C14H17BrN2/c1-4-8-17-10-13(9-16)12(3)14(17)7-5-6-11(2)15/h5-7,10,14H,3-4,8H2,1-2H3/b7-5?,11-6+. The van der Waals surface area contributed by atoms with Crippen LogP contribution >= 0.6 is 15.9 Å². The van der Waals surface area contributed by atoms with E-state index in [-0.39, 0.29) is 6.04 Å². The lowest BCUT2D eigenvalue weighted by molar-refractivity contribution is 0.370. The first kappa shape index (κ1) is 13.8. The van der Waals surface area contributed by atoms with Gasteiger partial charge in [0.25, 0.3) is 0 Å². The van der Waals surface area contributed by atoms with E-state index in [0.717, 1.165) is 23.0 Å². The molecule has 2 nitrogen and oxygen atoms in total. The van der Waals surface area contributed by atoms with Crippen LogP contribution in [0.2, 0.25) is 0 Å². The summed E-state index contributed by atoms with van der Waals surface area (Å²) in [7, 11) is 0. The Bertz CT molecular complexity index is 420. The van der Waals surface area contributed by atoms with Gasteiger partial charge < -0.3 is 4.90 Å². The Labute approximate surface area is 112 Å². The fourth-order valence-electron chi connectivity index (χ4n) is 1.77. The van der Waals surface area contributed by atoms with Crippen molar-refractivity contribution in [2.75, 3.05) is 6.54 Å². The zero-order chi connectivity index (χ0) is 12.8. The monoisotopic (exact) mass is 292 g/mol. The summed E-state index contributed by atoms with van der Waals surface area (Å²) in [5.74, 6) is 0. The molecule has 0 amide bonds. The highest BCUT2D eigenvalue weighted by Gasteiger charge is 2.25. The van der Waals surface area contributed by atoms with E-state index in [4.69, 9.17) is 5.26 Å². The summed E-state index contributed by atoms with van der Waals surface area (Å²) in [6.45, 7) is 9.05. The molecule has 1 rings (SSSR count). The molecule has 0 aliphatic carbocycles. The van der Waals surface area contributed by atoms with Crippen LogP contribution in [0.15, 0.2) is 46.6 Å². The molecular weight excluding hydrogens is 276 g/mol. The Balaban J connectivity index is 2.84. The normalized spacial score (nSPS) is 20.9. The number of rotatable bonds is 4. The minimum Gasteiger partial charge on any atom is -0.366 e. The van der Waals surface area contributed by atoms with Gasteiger partial charge in [0.05, 0.1) is 11.6 Å². The van der Waals surface area contributed by atoms with E-state index in [2.05, 4.69) is 46.5 Å². The van der Waals surface area contributed by atoms with Gasteiger partial charge in [-0.15, -0.1) is 0 Å². The Morgan fingerprint density at radius 2 is 2.41 bits per heavy atom. The first-order valence-electron chi connectivity index (χ1n) is 5.67. The molecule has 1 aliphatic rings. The molecule has 1 atom stereocenters. The lowest BCUT2D eigenvalue weighted by Gasteiger charge is -2.22. The van der Waals surface area contributed by atoms with Crippen LogP contribution in [-0.2, 0) is 0 Å². The third kappa shape index (κ3) is 3.61. The first-order valence-corrected chi connectivity index (χ1v) is 6.46. The highest BCUT2D eigenvalue weighted by Crippen LogP contribution is 2.27. The van der Waals surface area contributed by atoms with E-state index in [1.165, 1.54) is 0 Å². The molecule has 0 fully saturated rings. The van der Waals surface area contributed by atoms with Gasteiger partial charge in [-0.2, -0.15) is 5.26 Å². The van der Waals surface area contributed by atoms with Gasteiger partial charge in [0, 0.05) is 12.7 Å². The van der Waals surface area contributed by atoms with Crippen molar-refractivity contribution in [3.05, 3.63) is 46.6 Å². The number of hydrogen-bond acceptors (Lipinski definition) is 2. The van der Waals surface area contributed by atoms with Gasteiger partial charge in [0.1, 0.15) is 6.07 Å². The summed E-state index contributed by atoms with van der Waals surface area (Å²) in [6, 6.07) is 2.31. The highest BCUT2D eigenvalue weighted by atomic mass is 79.9. The maximum atomic E-state index is 9.00. The van der Waals surface area contributed by atoms with Crippen LogP contribution in [-0.4, -0.2) is 17.5 Å². The molecule has 0 aromatic carbocycles. The predicted octanol–water partition coefficient (Wildman–Crippen LogP) is 3.90. The van der Waals surface area contributed by atoms with E-state index in [0.29, 0.717) is 5.57 Å². The van der Waals surface area contributed by atoms with Crippen molar-refractivity contribution in [3.8, 4) is 6.07 Å². The van der Waals surface area contributed by atoms with E-state index in [1.54, 1.807) is 0 Å².